The Morgan fingerprint density at radius 2 is 1.82 bits per heavy atom. The van der Waals surface area contributed by atoms with Gasteiger partial charge in [-0.05, 0) is 24.6 Å². The molecule has 1 heterocycles. The SMILES string of the molecule is Cc1ccc(Nc2c(F)c(F)cc3occc(=O)c23)c(F)c1. The number of nitrogens with one attached hydrogen (secondary N) is 1. The molecule has 0 aliphatic heterocycles. The summed E-state index contributed by atoms with van der Waals surface area (Å²) in [6, 6.07) is 6.09. The molecule has 2 aromatic carbocycles. The second-order valence-corrected chi connectivity index (χ2v) is 4.81. The van der Waals surface area contributed by atoms with Crippen molar-refractivity contribution in [2.45, 2.75) is 6.92 Å². The van der Waals surface area contributed by atoms with Gasteiger partial charge in [-0.15, -0.1) is 0 Å². The Hall–Kier alpha value is -2.76. The van der Waals surface area contributed by atoms with E-state index in [2.05, 4.69) is 5.32 Å². The molecule has 22 heavy (non-hydrogen) atoms. The zero-order chi connectivity index (χ0) is 15.9. The van der Waals surface area contributed by atoms with Crippen LogP contribution in [-0.4, -0.2) is 0 Å². The second-order valence-electron chi connectivity index (χ2n) is 4.81. The zero-order valence-electron chi connectivity index (χ0n) is 11.4. The average Bonchev–Trinajstić information content (AvgIpc) is 2.46. The van der Waals surface area contributed by atoms with Gasteiger partial charge in [0, 0.05) is 12.1 Å². The van der Waals surface area contributed by atoms with Gasteiger partial charge < -0.3 is 9.73 Å². The standard InChI is InChI=1S/C16H10F3NO2/c1-8-2-3-11(9(17)6-8)20-16-14-12(21)4-5-22-13(14)7-10(18)15(16)19/h2-7,20H,1H3. The van der Waals surface area contributed by atoms with Gasteiger partial charge in [-0.3, -0.25) is 4.79 Å². The largest absolute Gasteiger partial charge is 0.464 e. The highest BCUT2D eigenvalue weighted by Crippen LogP contribution is 2.30. The van der Waals surface area contributed by atoms with Gasteiger partial charge in [-0.1, -0.05) is 6.07 Å². The lowest BCUT2D eigenvalue weighted by molar-refractivity contribution is 0.508. The molecule has 0 radical (unpaired) electrons. The van der Waals surface area contributed by atoms with Crippen molar-refractivity contribution < 1.29 is 17.6 Å². The maximum atomic E-state index is 14.1. The fourth-order valence-electron chi connectivity index (χ4n) is 2.17. The summed E-state index contributed by atoms with van der Waals surface area (Å²) in [5.41, 5.74) is -0.532. The van der Waals surface area contributed by atoms with E-state index in [1.807, 2.05) is 0 Å². The van der Waals surface area contributed by atoms with Crippen LogP contribution in [-0.2, 0) is 0 Å². The number of fused-ring (bicyclic) bond motifs is 1. The maximum Gasteiger partial charge on any atom is 0.194 e. The van der Waals surface area contributed by atoms with Crippen LogP contribution >= 0.6 is 0 Å². The third-order valence-corrected chi connectivity index (χ3v) is 3.23. The topological polar surface area (TPSA) is 42.2 Å². The van der Waals surface area contributed by atoms with E-state index < -0.39 is 28.6 Å². The molecule has 0 spiro atoms. The molecule has 0 bridgehead atoms. The Morgan fingerprint density at radius 1 is 1.05 bits per heavy atom. The normalized spacial score (nSPS) is 10.9. The molecule has 0 aliphatic carbocycles. The lowest BCUT2D eigenvalue weighted by Gasteiger charge is -2.11. The smallest absolute Gasteiger partial charge is 0.194 e. The molecule has 3 aromatic rings. The summed E-state index contributed by atoms with van der Waals surface area (Å²) < 4.78 is 46.6. The summed E-state index contributed by atoms with van der Waals surface area (Å²) >= 11 is 0. The molecule has 112 valence electrons. The number of anilines is 2. The van der Waals surface area contributed by atoms with Crippen LogP contribution in [0.25, 0.3) is 11.0 Å². The van der Waals surface area contributed by atoms with Crippen LogP contribution in [0.3, 0.4) is 0 Å². The monoisotopic (exact) mass is 305 g/mol. The first-order valence-corrected chi connectivity index (χ1v) is 6.40. The van der Waals surface area contributed by atoms with Crippen LogP contribution in [0.1, 0.15) is 5.56 Å². The minimum atomic E-state index is -1.27. The highest BCUT2D eigenvalue weighted by atomic mass is 19.2. The lowest BCUT2D eigenvalue weighted by atomic mass is 10.1. The molecule has 0 amide bonds. The molecule has 6 heteroatoms. The van der Waals surface area contributed by atoms with Crippen molar-refractivity contribution in [3.8, 4) is 0 Å². The highest BCUT2D eigenvalue weighted by Gasteiger charge is 2.18. The average molecular weight is 305 g/mol. The van der Waals surface area contributed by atoms with Crippen molar-refractivity contribution in [3.63, 3.8) is 0 Å². The van der Waals surface area contributed by atoms with Gasteiger partial charge in [0.1, 0.15) is 11.4 Å². The fraction of sp³-hybridized carbons (Fsp3) is 0.0625. The zero-order valence-corrected chi connectivity index (χ0v) is 11.4. The van der Waals surface area contributed by atoms with Gasteiger partial charge in [0.25, 0.3) is 0 Å². The summed E-state index contributed by atoms with van der Waals surface area (Å²) in [6.07, 6.45) is 1.08. The van der Waals surface area contributed by atoms with Gasteiger partial charge in [-0.2, -0.15) is 0 Å². The predicted molar refractivity (Wildman–Crippen MR) is 76.8 cm³/mol. The van der Waals surface area contributed by atoms with E-state index in [4.69, 9.17) is 4.42 Å². The van der Waals surface area contributed by atoms with Gasteiger partial charge in [0.05, 0.1) is 23.0 Å². The van der Waals surface area contributed by atoms with Gasteiger partial charge in [-0.25, -0.2) is 13.2 Å². The van der Waals surface area contributed by atoms with E-state index in [0.29, 0.717) is 5.56 Å². The molecule has 1 N–H and O–H groups in total. The molecule has 0 fully saturated rings. The summed E-state index contributed by atoms with van der Waals surface area (Å²) in [4.78, 5) is 11.9. The number of benzene rings is 2. The van der Waals surface area contributed by atoms with Gasteiger partial charge in [0.2, 0.25) is 0 Å². The molecule has 0 saturated heterocycles. The Bertz CT molecular complexity index is 935. The number of hydrogen-bond donors (Lipinski definition) is 1. The lowest BCUT2D eigenvalue weighted by Crippen LogP contribution is -2.07. The summed E-state index contributed by atoms with van der Waals surface area (Å²) in [7, 11) is 0. The molecule has 3 nitrogen and oxygen atoms in total. The Balaban J connectivity index is 2.25. The molecule has 0 atom stereocenters. The van der Waals surface area contributed by atoms with Crippen LogP contribution in [0.4, 0.5) is 24.5 Å². The predicted octanol–water partition coefficient (Wildman–Crippen LogP) is 4.26. The second kappa shape index (κ2) is 5.22. The van der Waals surface area contributed by atoms with Crippen molar-refractivity contribution in [1.29, 1.82) is 0 Å². The number of aryl methyl sites for hydroxylation is 1. The molecule has 0 unspecified atom stereocenters. The van der Waals surface area contributed by atoms with Crippen molar-refractivity contribution in [2.75, 3.05) is 5.32 Å². The van der Waals surface area contributed by atoms with E-state index in [1.54, 1.807) is 13.0 Å². The summed E-state index contributed by atoms with van der Waals surface area (Å²) in [6.45, 7) is 1.69. The third-order valence-electron chi connectivity index (χ3n) is 3.23. The molecule has 0 saturated carbocycles. The Morgan fingerprint density at radius 3 is 2.55 bits per heavy atom. The van der Waals surface area contributed by atoms with Crippen LogP contribution in [0, 0.1) is 24.4 Å². The highest BCUT2D eigenvalue weighted by molar-refractivity contribution is 5.92. The number of hydrogen-bond acceptors (Lipinski definition) is 3. The van der Waals surface area contributed by atoms with Crippen molar-refractivity contribution in [1.82, 2.24) is 0 Å². The Kier molecular flexibility index (Phi) is 3.36. The van der Waals surface area contributed by atoms with E-state index in [1.165, 1.54) is 12.1 Å². The minimum Gasteiger partial charge on any atom is -0.464 e. The molecular formula is C16H10F3NO2. The molecule has 3 rings (SSSR count). The van der Waals surface area contributed by atoms with Crippen molar-refractivity contribution in [3.05, 3.63) is 69.8 Å². The first kappa shape index (κ1) is 14.2. The van der Waals surface area contributed by atoms with E-state index >= 15 is 0 Å². The molecule has 0 aliphatic rings. The minimum absolute atomic E-state index is 0.0698. The third kappa shape index (κ3) is 2.32. The first-order chi connectivity index (χ1) is 10.5. The van der Waals surface area contributed by atoms with Crippen molar-refractivity contribution in [2.24, 2.45) is 0 Å². The first-order valence-electron chi connectivity index (χ1n) is 6.40. The van der Waals surface area contributed by atoms with Crippen LogP contribution in [0.15, 0.2) is 45.8 Å². The van der Waals surface area contributed by atoms with Gasteiger partial charge in [0.15, 0.2) is 17.1 Å². The van der Waals surface area contributed by atoms with Crippen LogP contribution in [0.2, 0.25) is 0 Å². The summed E-state index contributed by atoms with van der Waals surface area (Å²) in [5.74, 6) is -3.11. The van der Waals surface area contributed by atoms with E-state index in [-0.39, 0.29) is 16.7 Å². The van der Waals surface area contributed by atoms with Gasteiger partial charge >= 0.3 is 0 Å². The fourth-order valence-corrected chi connectivity index (χ4v) is 2.17. The maximum absolute atomic E-state index is 14.1. The van der Waals surface area contributed by atoms with E-state index in [0.717, 1.165) is 18.4 Å². The van der Waals surface area contributed by atoms with E-state index in [9.17, 15) is 18.0 Å². The van der Waals surface area contributed by atoms with Crippen LogP contribution in [0.5, 0.6) is 0 Å². The summed E-state index contributed by atoms with van der Waals surface area (Å²) in [5, 5.41) is 2.26. The van der Waals surface area contributed by atoms with Crippen LogP contribution < -0.4 is 10.7 Å². The molecular weight excluding hydrogens is 295 g/mol. The van der Waals surface area contributed by atoms with Crippen molar-refractivity contribution >= 4 is 22.3 Å². The quantitative estimate of drug-likeness (QED) is 0.769. The number of rotatable bonds is 2. The molecule has 1 aromatic heterocycles. The number of halogens is 3. The Labute approximate surface area is 123 Å².